The number of rotatable bonds is 5. The number of ether oxygens (including phenoxy) is 1. The minimum absolute atomic E-state index is 0.0474. The third-order valence-electron chi connectivity index (χ3n) is 6.12. The summed E-state index contributed by atoms with van der Waals surface area (Å²) in [6.07, 6.45) is -0.237. The molecule has 2 unspecified atom stereocenters. The number of nitrogens with zero attached hydrogens (tertiary/aromatic N) is 1. The van der Waals surface area contributed by atoms with Gasteiger partial charge in [-0.25, -0.2) is 4.79 Å². The Balaban J connectivity index is 1.33. The van der Waals surface area contributed by atoms with Crippen LogP contribution in [0.3, 0.4) is 0 Å². The number of hydrogen-bond donors (Lipinski definition) is 2. The number of aliphatic carboxylic acids is 1. The highest BCUT2D eigenvalue weighted by Gasteiger charge is 2.38. The molecule has 2 aromatic carbocycles. The minimum atomic E-state index is -0.901. The molecule has 2 aromatic rings. The van der Waals surface area contributed by atoms with E-state index in [1.165, 1.54) is 4.90 Å². The van der Waals surface area contributed by atoms with Crippen LogP contribution in [0.5, 0.6) is 0 Å². The lowest BCUT2D eigenvalue weighted by molar-refractivity contribution is -0.143. The maximum atomic E-state index is 12.4. The van der Waals surface area contributed by atoms with Crippen LogP contribution in [-0.4, -0.2) is 53.7 Å². The van der Waals surface area contributed by atoms with Crippen LogP contribution in [0.1, 0.15) is 30.4 Å². The van der Waals surface area contributed by atoms with Crippen LogP contribution in [0.15, 0.2) is 48.5 Å². The molecule has 0 spiro atoms. The molecule has 0 saturated carbocycles. The van der Waals surface area contributed by atoms with E-state index in [0.717, 1.165) is 22.3 Å². The summed E-state index contributed by atoms with van der Waals surface area (Å²) in [4.78, 5) is 37.3. The van der Waals surface area contributed by atoms with Gasteiger partial charge in [0.1, 0.15) is 13.2 Å². The first-order valence-electron chi connectivity index (χ1n) is 10.1. The first-order valence-corrected chi connectivity index (χ1v) is 10.1. The third kappa shape index (κ3) is 3.63. The zero-order valence-electron chi connectivity index (χ0n) is 16.7. The molecule has 7 heteroatoms. The fourth-order valence-corrected chi connectivity index (χ4v) is 4.52. The van der Waals surface area contributed by atoms with Gasteiger partial charge in [0, 0.05) is 18.5 Å². The van der Waals surface area contributed by atoms with Crippen molar-refractivity contribution in [3.63, 3.8) is 0 Å². The summed E-state index contributed by atoms with van der Waals surface area (Å²) < 4.78 is 5.42. The molecule has 2 amide bonds. The quantitative estimate of drug-likeness (QED) is 0.793. The second-order valence-electron chi connectivity index (χ2n) is 7.74. The highest BCUT2D eigenvalue weighted by atomic mass is 16.5. The molecule has 0 radical (unpaired) electrons. The standard InChI is InChI=1S/C23H24N2O5/c1-14-15(22(27)28)10-11-25(14)21(26)12-24-23(29)30-13-20-18-8-4-2-6-16(18)17-7-3-5-9-19(17)20/h2-9,14-15,20H,10-13H2,1H3,(H,24,29)(H,27,28). The third-order valence-corrected chi connectivity index (χ3v) is 6.12. The van der Waals surface area contributed by atoms with Crippen molar-refractivity contribution >= 4 is 18.0 Å². The number of carbonyl (C=O) groups excluding carboxylic acids is 2. The van der Waals surface area contributed by atoms with Crippen LogP contribution < -0.4 is 5.32 Å². The smallest absolute Gasteiger partial charge is 0.407 e. The van der Waals surface area contributed by atoms with Crippen LogP contribution in [-0.2, 0) is 14.3 Å². The molecule has 156 valence electrons. The number of benzene rings is 2. The van der Waals surface area contributed by atoms with Crippen LogP contribution in [0.2, 0.25) is 0 Å². The van der Waals surface area contributed by atoms with Crippen molar-refractivity contribution in [1.82, 2.24) is 10.2 Å². The van der Waals surface area contributed by atoms with E-state index < -0.39 is 18.0 Å². The second kappa shape index (κ2) is 8.18. The average Bonchev–Trinajstić information content (AvgIpc) is 3.29. The van der Waals surface area contributed by atoms with E-state index in [0.29, 0.717) is 13.0 Å². The molecule has 1 saturated heterocycles. The van der Waals surface area contributed by atoms with Gasteiger partial charge in [-0.1, -0.05) is 48.5 Å². The van der Waals surface area contributed by atoms with Crippen molar-refractivity contribution in [2.75, 3.05) is 19.7 Å². The molecule has 30 heavy (non-hydrogen) atoms. The normalized spacial score (nSPS) is 19.8. The Hall–Kier alpha value is -3.35. The largest absolute Gasteiger partial charge is 0.481 e. The molecule has 0 bridgehead atoms. The SMILES string of the molecule is CC1C(C(=O)O)CCN1C(=O)CNC(=O)OCC1c2ccccc2-c2ccccc21. The maximum absolute atomic E-state index is 12.4. The Bertz CT molecular complexity index is 944. The molecule has 1 aliphatic carbocycles. The molecule has 2 N–H and O–H groups in total. The van der Waals surface area contributed by atoms with E-state index >= 15 is 0 Å². The molecular weight excluding hydrogens is 384 g/mol. The van der Waals surface area contributed by atoms with E-state index in [1.54, 1.807) is 6.92 Å². The highest BCUT2D eigenvalue weighted by molar-refractivity contribution is 5.84. The Morgan fingerprint density at radius 2 is 1.67 bits per heavy atom. The summed E-state index contributed by atoms with van der Waals surface area (Å²) >= 11 is 0. The van der Waals surface area contributed by atoms with Crippen LogP contribution >= 0.6 is 0 Å². The van der Waals surface area contributed by atoms with E-state index in [1.807, 2.05) is 36.4 Å². The Labute approximate surface area is 174 Å². The van der Waals surface area contributed by atoms with Gasteiger partial charge in [0.2, 0.25) is 5.91 Å². The summed E-state index contributed by atoms with van der Waals surface area (Å²) in [7, 11) is 0. The highest BCUT2D eigenvalue weighted by Crippen LogP contribution is 2.44. The average molecular weight is 408 g/mol. The summed E-state index contributed by atoms with van der Waals surface area (Å²) in [6, 6.07) is 15.7. The number of carboxylic acids is 1. The lowest BCUT2D eigenvalue weighted by Gasteiger charge is -2.23. The van der Waals surface area contributed by atoms with Crippen molar-refractivity contribution in [2.24, 2.45) is 5.92 Å². The molecule has 2 aliphatic rings. The van der Waals surface area contributed by atoms with E-state index in [4.69, 9.17) is 4.74 Å². The van der Waals surface area contributed by atoms with Gasteiger partial charge in [0.25, 0.3) is 0 Å². The number of carboxylic acid groups (broad SMARTS) is 1. The maximum Gasteiger partial charge on any atom is 0.407 e. The predicted octanol–water partition coefficient (Wildman–Crippen LogP) is 2.85. The molecule has 1 heterocycles. The Morgan fingerprint density at radius 1 is 1.07 bits per heavy atom. The number of likely N-dealkylation sites (tertiary alicyclic amines) is 1. The van der Waals surface area contributed by atoms with Gasteiger partial charge in [-0.3, -0.25) is 9.59 Å². The number of fused-ring (bicyclic) bond motifs is 3. The fraction of sp³-hybridized carbons (Fsp3) is 0.348. The van der Waals surface area contributed by atoms with E-state index in [2.05, 4.69) is 17.4 Å². The van der Waals surface area contributed by atoms with E-state index in [-0.39, 0.29) is 31.0 Å². The first-order chi connectivity index (χ1) is 14.5. The number of amides is 2. The summed E-state index contributed by atoms with van der Waals surface area (Å²) in [5, 5.41) is 11.7. The van der Waals surface area contributed by atoms with Crippen molar-refractivity contribution in [3.05, 3.63) is 59.7 Å². The van der Waals surface area contributed by atoms with Gasteiger partial charge in [-0.15, -0.1) is 0 Å². The van der Waals surface area contributed by atoms with Gasteiger partial charge in [0.15, 0.2) is 0 Å². The molecule has 2 atom stereocenters. The van der Waals surface area contributed by atoms with Gasteiger partial charge in [-0.2, -0.15) is 0 Å². The lowest BCUT2D eigenvalue weighted by Crippen LogP contribution is -2.43. The van der Waals surface area contributed by atoms with Crippen molar-refractivity contribution in [3.8, 4) is 11.1 Å². The van der Waals surface area contributed by atoms with Crippen molar-refractivity contribution in [2.45, 2.75) is 25.3 Å². The summed E-state index contributed by atoms with van der Waals surface area (Å²) in [6.45, 7) is 2.06. The van der Waals surface area contributed by atoms with Crippen LogP contribution in [0.25, 0.3) is 11.1 Å². The molecule has 0 aromatic heterocycles. The van der Waals surface area contributed by atoms with Crippen LogP contribution in [0.4, 0.5) is 4.79 Å². The number of alkyl carbamates (subject to hydrolysis) is 1. The monoisotopic (exact) mass is 408 g/mol. The van der Waals surface area contributed by atoms with Crippen molar-refractivity contribution in [1.29, 1.82) is 0 Å². The number of nitrogens with one attached hydrogen (secondary N) is 1. The lowest BCUT2D eigenvalue weighted by atomic mass is 9.98. The minimum Gasteiger partial charge on any atom is -0.481 e. The number of hydrogen-bond acceptors (Lipinski definition) is 4. The molecule has 7 nitrogen and oxygen atoms in total. The summed E-state index contributed by atoms with van der Waals surface area (Å²) in [5.74, 6) is -1.82. The zero-order valence-corrected chi connectivity index (χ0v) is 16.7. The van der Waals surface area contributed by atoms with Gasteiger partial charge in [0.05, 0.1) is 5.92 Å². The fourth-order valence-electron chi connectivity index (χ4n) is 4.52. The first kappa shape index (κ1) is 19.9. The topological polar surface area (TPSA) is 95.9 Å². The predicted molar refractivity (Wildman–Crippen MR) is 110 cm³/mol. The number of carbonyl (C=O) groups is 3. The Kier molecular flexibility index (Phi) is 5.44. The second-order valence-corrected chi connectivity index (χ2v) is 7.74. The zero-order chi connectivity index (χ0) is 21.3. The molecule has 1 aliphatic heterocycles. The molecule has 4 rings (SSSR count). The van der Waals surface area contributed by atoms with Crippen molar-refractivity contribution < 1.29 is 24.2 Å². The van der Waals surface area contributed by atoms with Gasteiger partial charge in [-0.05, 0) is 35.6 Å². The van der Waals surface area contributed by atoms with Gasteiger partial charge >= 0.3 is 12.1 Å². The van der Waals surface area contributed by atoms with E-state index in [9.17, 15) is 19.5 Å². The van der Waals surface area contributed by atoms with Gasteiger partial charge < -0.3 is 20.1 Å². The molecule has 1 fully saturated rings. The molecular formula is C23H24N2O5. The Morgan fingerprint density at radius 3 is 2.23 bits per heavy atom. The summed E-state index contributed by atoms with van der Waals surface area (Å²) in [5.41, 5.74) is 4.53. The van der Waals surface area contributed by atoms with Crippen LogP contribution in [0, 0.1) is 5.92 Å².